The van der Waals surface area contributed by atoms with Crippen molar-refractivity contribution in [2.24, 2.45) is 5.92 Å². The number of piperidine rings is 1. The molecule has 2 aromatic rings. The normalized spacial score (nSPS) is 26.5. The number of fused-ring (bicyclic) bond motifs is 3. The van der Waals surface area contributed by atoms with E-state index in [-0.39, 0.29) is 11.9 Å². The van der Waals surface area contributed by atoms with Gasteiger partial charge in [-0.05, 0) is 31.4 Å². The highest BCUT2D eigenvalue weighted by Crippen LogP contribution is 2.32. The van der Waals surface area contributed by atoms with Crippen molar-refractivity contribution in [3.05, 3.63) is 24.2 Å². The number of amides is 1. The lowest BCUT2D eigenvalue weighted by Gasteiger charge is -2.23. The summed E-state index contributed by atoms with van der Waals surface area (Å²) in [6, 6.07) is 2.48. The topological polar surface area (TPSA) is 70.4 Å². The molecule has 2 aromatic heterocycles. The average Bonchev–Trinajstić information content (AvgIpc) is 3.20. The van der Waals surface area contributed by atoms with Gasteiger partial charge in [0, 0.05) is 37.8 Å². The van der Waals surface area contributed by atoms with Gasteiger partial charge in [-0.15, -0.1) is 0 Å². The van der Waals surface area contributed by atoms with Crippen LogP contribution in [0.25, 0.3) is 11.0 Å². The number of hydrogen-bond acceptors (Lipinski definition) is 5. The number of hydrogen-bond donors (Lipinski definition) is 2. The molecule has 2 bridgehead atoms. The Morgan fingerprint density at radius 2 is 2.32 bits per heavy atom. The van der Waals surface area contributed by atoms with Gasteiger partial charge in [-0.2, -0.15) is 0 Å². The van der Waals surface area contributed by atoms with Crippen LogP contribution in [0, 0.1) is 5.92 Å². The van der Waals surface area contributed by atoms with Crippen LogP contribution in [0.3, 0.4) is 0 Å². The second kappa shape index (κ2) is 4.98. The summed E-state index contributed by atoms with van der Waals surface area (Å²) in [4.78, 5) is 18.8. The zero-order valence-corrected chi connectivity index (χ0v) is 12.8. The van der Waals surface area contributed by atoms with E-state index in [1.54, 1.807) is 12.5 Å². The van der Waals surface area contributed by atoms with E-state index >= 15 is 0 Å². The monoisotopic (exact) mass is 300 g/mol. The number of pyridine rings is 1. The van der Waals surface area contributed by atoms with Gasteiger partial charge >= 0.3 is 0 Å². The highest BCUT2D eigenvalue weighted by Gasteiger charge is 2.40. The largest absolute Gasteiger partial charge is 0.460 e. The number of carbonyl (C=O) groups excluding carboxylic acids is 1. The van der Waals surface area contributed by atoms with Crippen molar-refractivity contribution >= 4 is 22.6 Å². The summed E-state index contributed by atoms with van der Waals surface area (Å²) in [5, 5.41) is 7.49. The highest BCUT2D eigenvalue weighted by atomic mass is 16.3. The maximum atomic E-state index is 12.6. The number of carbonyl (C=O) groups is 1. The first kappa shape index (κ1) is 13.6. The molecule has 2 N–H and O–H groups in total. The molecule has 3 atom stereocenters. The molecule has 1 aliphatic carbocycles. The van der Waals surface area contributed by atoms with E-state index in [1.165, 1.54) is 0 Å². The van der Waals surface area contributed by atoms with Crippen molar-refractivity contribution in [1.82, 2.24) is 15.6 Å². The molecule has 3 unspecified atom stereocenters. The van der Waals surface area contributed by atoms with Crippen molar-refractivity contribution in [3.63, 3.8) is 0 Å². The Morgan fingerprint density at radius 3 is 3.00 bits per heavy atom. The average molecular weight is 300 g/mol. The van der Waals surface area contributed by atoms with Crippen LogP contribution >= 0.6 is 0 Å². The number of nitrogens with one attached hydrogen (secondary N) is 2. The molecule has 1 aliphatic heterocycles. The van der Waals surface area contributed by atoms with E-state index in [0.717, 1.165) is 30.5 Å². The van der Waals surface area contributed by atoms with Gasteiger partial charge in [-0.25, -0.2) is 4.98 Å². The molecular weight excluding hydrogens is 280 g/mol. The van der Waals surface area contributed by atoms with Crippen LogP contribution in [-0.4, -0.2) is 43.6 Å². The predicted molar refractivity (Wildman–Crippen MR) is 84.1 cm³/mol. The summed E-state index contributed by atoms with van der Waals surface area (Å²) in [6.45, 7) is 1.08. The van der Waals surface area contributed by atoms with Crippen molar-refractivity contribution < 1.29 is 9.21 Å². The molecule has 3 heterocycles. The molecule has 1 saturated carbocycles. The lowest BCUT2D eigenvalue weighted by molar-refractivity contribution is 0.0924. The van der Waals surface area contributed by atoms with Crippen molar-refractivity contribution in [2.45, 2.75) is 24.9 Å². The maximum absolute atomic E-state index is 12.6. The van der Waals surface area contributed by atoms with Crippen LogP contribution in [0.4, 0.5) is 5.69 Å². The van der Waals surface area contributed by atoms with Gasteiger partial charge in [0.25, 0.3) is 5.91 Å². The first-order chi connectivity index (χ1) is 10.6. The second-order valence-corrected chi connectivity index (χ2v) is 6.48. The fraction of sp³-hybridized carbons (Fsp3) is 0.500. The van der Waals surface area contributed by atoms with Crippen LogP contribution in [-0.2, 0) is 0 Å². The SMILES string of the molecule is CN(C)c1coc2c(C(=O)NC3CC4CNC3C4)nccc12. The van der Waals surface area contributed by atoms with Crippen molar-refractivity contribution in [3.8, 4) is 0 Å². The number of aromatic nitrogens is 1. The summed E-state index contributed by atoms with van der Waals surface area (Å²) < 4.78 is 5.61. The number of rotatable bonds is 3. The quantitative estimate of drug-likeness (QED) is 0.896. The zero-order valence-electron chi connectivity index (χ0n) is 12.8. The second-order valence-electron chi connectivity index (χ2n) is 6.48. The molecule has 1 amide bonds. The molecule has 0 radical (unpaired) electrons. The van der Waals surface area contributed by atoms with E-state index in [4.69, 9.17) is 4.42 Å². The van der Waals surface area contributed by atoms with Gasteiger partial charge in [0.2, 0.25) is 0 Å². The molecule has 2 aliphatic rings. The fourth-order valence-electron chi connectivity index (χ4n) is 3.71. The van der Waals surface area contributed by atoms with E-state index in [0.29, 0.717) is 23.2 Å². The van der Waals surface area contributed by atoms with E-state index in [1.807, 2.05) is 25.1 Å². The molecule has 6 heteroatoms. The third-order valence-corrected chi connectivity index (χ3v) is 4.81. The Labute approximate surface area is 128 Å². The van der Waals surface area contributed by atoms with E-state index in [9.17, 15) is 4.79 Å². The van der Waals surface area contributed by atoms with Crippen LogP contribution in [0.15, 0.2) is 22.9 Å². The van der Waals surface area contributed by atoms with E-state index in [2.05, 4.69) is 15.6 Å². The first-order valence-corrected chi connectivity index (χ1v) is 7.71. The summed E-state index contributed by atoms with van der Waals surface area (Å²) in [6.07, 6.45) is 5.55. The third kappa shape index (κ3) is 2.06. The Morgan fingerprint density at radius 1 is 1.45 bits per heavy atom. The Hall–Kier alpha value is -2.08. The van der Waals surface area contributed by atoms with Gasteiger partial charge in [-0.1, -0.05) is 0 Å². The summed E-state index contributed by atoms with van der Waals surface area (Å²) in [5.41, 5.74) is 1.88. The summed E-state index contributed by atoms with van der Waals surface area (Å²) >= 11 is 0. The molecule has 4 rings (SSSR count). The molecule has 2 fully saturated rings. The Bertz CT molecular complexity index is 724. The van der Waals surface area contributed by atoms with Crippen LogP contribution in [0.2, 0.25) is 0 Å². The number of anilines is 1. The van der Waals surface area contributed by atoms with E-state index < -0.39 is 0 Å². The summed E-state index contributed by atoms with van der Waals surface area (Å²) in [7, 11) is 3.90. The van der Waals surface area contributed by atoms with Crippen LogP contribution in [0.5, 0.6) is 0 Å². The van der Waals surface area contributed by atoms with Gasteiger partial charge in [0.1, 0.15) is 6.26 Å². The maximum Gasteiger partial charge on any atom is 0.274 e. The molecule has 116 valence electrons. The smallest absolute Gasteiger partial charge is 0.274 e. The van der Waals surface area contributed by atoms with Crippen LogP contribution < -0.4 is 15.5 Å². The molecule has 22 heavy (non-hydrogen) atoms. The van der Waals surface area contributed by atoms with Gasteiger partial charge < -0.3 is 20.0 Å². The van der Waals surface area contributed by atoms with Gasteiger partial charge in [-0.3, -0.25) is 4.79 Å². The van der Waals surface area contributed by atoms with Crippen molar-refractivity contribution in [2.75, 3.05) is 25.5 Å². The highest BCUT2D eigenvalue weighted by molar-refractivity contribution is 6.06. The minimum Gasteiger partial charge on any atom is -0.460 e. The molecule has 1 saturated heterocycles. The Kier molecular flexibility index (Phi) is 3.07. The van der Waals surface area contributed by atoms with Crippen molar-refractivity contribution in [1.29, 1.82) is 0 Å². The Balaban J connectivity index is 1.62. The lowest BCUT2D eigenvalue weighted by atomic mass is 10.1. The first-order valence-electron chi connectivity index (χ1n) is 7.71. The van der Waals surface area contributed by atoms with Gasteiger partial charge in [0.05, 0.1) is 5.69 Å². The third-order valence-electron chi connectivity index (χ3n) is 4.81. The molecule has 0 spiro atoms. The number of furan rings is 1. The number of nitrogens with zero attached hydrogens (tertiary/aromatic N) is 2. The van der Waals surface area contributed by atoms with Crippen LogP contribution in [0.1, 0.15) is 23.3 Å². The standard InChI is InChI=1S/C16H20N4O2/c1-20(2)13-8-22-15-10(13)3-4-17-14(15)16(21)19-12-6-9-5-11(12)18-7-9/h3-4,8-9,11-12,18H,5-7H2,1-2H3,(H,19,21). The lowest BCUT2D eigenvalue weighted by Crippen LogP contribution is -2.48. The fourth-order valence-corrected chi connectivity index (χ4v) is 3.71. The molecule has 0 aromatic carbocycles. The zero-order chi connectivity index (χ0) is 15.3. The molecule has 6 nitrogen and oxygen atoms in total. The minimum atomic E-state index is -0.149. The van der Waals surface area contributed by atoms with Gasteiger partial charge in [0.15, 0.2) is 11.3 Å². The molecular formula is C16H20N4O2. The minimum absolute atomic E-state index is 0.149. The summed E-state index contributed by atoms with van der Waals surface area (Å²) in [5.74, 6) is 0.549. The predicted octanol–water partition coefficient (Wildman–Crippen LogP) is 1.37.